The average molecular weight is 1100 g/mol. The van der Waals surface area contributed by atoms with Gasteiger partial charge in [-0.1, -0.05) is 125 Å². The van der Waals surface area contributed by atoms with Gasteiger partial charge < -0.3 is 36.8 Å². The maximum absolute atomic E-state index is 6.41. The van der Waals surface area contributed by atoms with Crippen molar-refractivity contribution in [2.24, 2.45) is 0 Å². The van der Waals surface area contributed by atoms with Crippen LogP contribution in [-0.4, -0.2) is 54.7 Å². The Morgan fingerprint density at radius 3 is 0.910 bits per heavy atom. The van der Waals surface area contributed by atoms with E-state index in [1.807, 2.05) is 61.5 Å². The number of rotatable bonds is 2. The minimum Gasteiger partial charge on any atom is -0.456 e. The lowest BCUT2D eigenvalue weighted by molar-refractivity contribution is 0.00578. The van der Waals surface area contributed by atoms with Crippen molar-refractivity contribution in [1.82, 2.24) is 0 Å². The van der Waals surface area contributed by atoms with Gasteiger partial charge in [-0.15, -0.1) is 0 Å². The fourth-order valence-electron chi connectivity index (χ4n) is 11.5. The normalized spacial score (nSPS) is 19.1. The van der Waals surface area contributed by atoms with Gasteiger partial charge in [-0.2, -0.15) is 0 Å². The maximum Gasteiger partial charge on any atom is 0.494 e. The maximum atomic E-state index is 6.41. The van der Waals surface area contributed by atoms with Gasteiger partial charge in [0.1, 0.15) is 22.3 Å². The number of halogens is 1. The van der Waals surface area contributed by atoms with Crippen LogP contribution in [0.5, 0.6) is 0 Å². The van der Waals surface area contributed by atoms with Crippen LogP contribution >= 0.6 is 15.9 Å². The molecule has 0 spiro atoms. The SMILES string of the molecule is Brc1ccc2c(c1)oc1cc3c4ccccc4c4ccccc4c3cc12.CC1(C)OB(B2OC(C)(C)C(C)(C)O2)OC1(C)C.CC1(C)OB(c2ccc3c(c2)oc2cc4c5ccccc5c5ccccc5c4cc23)OC1(C)C. The van der Waals surface area contributed by atoms with Crippen LogP contribution < -0.4 is 5.46 Å². The fraction of sp³-hybridized carbons (Fsp3) is 0.273. The summed E-state index contributed by atoms with van der Waals surface area (Å²) in [6, 6.07) is 56.1. The van der Waals surface area contributed by atoms with Crippen molar-refractivity contribution in [2.75, 3.05) is 0 Å². The third-order valence-electron chi connectivity index (χ3n) is 17.9. The first-order valence-electron chi connectivity index (χ1n) is 27.1. The first-order chi connectivity index (χ1) is 37.0. The predicted molar refractivity (Wildman–Crippen MR) is 328 cm³/mol. The Kier molecular flexibility index (Phi) is 11.8. The number of benzene rings is 10. The van der Waals surface area contributed by atoms with Crippen LogP contribution in [-0.2, 0) is 27.9 Å². The molecule has 12 heteroatoms. The molecular formula is C66H62B3BrO8. The molecule has 8 nitrogen and oxygen atoms in total. The van der Waals surface area contributed by atoms with Crippen molar-refractivity contribution in [3.63, 3.8) is 0 Å². The molecule has 0 unspecified atom stereocenters. The summed E-state index contributed by atoms with van der Waals surface area (Å²) in [7, 11) is -1.36. The number of hydrogen-bond donors (Lipinski definition) is 0. The van der Waals surface area contributed by atoms with Crippen LogP contribution in [0, 0.1) is 0 Å². The van der Waals surface area contributed by atoms with Gasteiger partial charge in [0.2, 0.25) is 0 Å². The summed E-state index contributed by atoms with van der Waals surface area (Å²) >= 11 is 3.54. The molecular weight excluding hydrogens is 1030 g/mol. The van der Waals surface area contributed by atoms with Crippen molar-refractivity contribution < 1.29 is 36.8 Å². The highest BCUT2D eigenvalue weighted by Gasteiger charge is 2.63. The molecule has 0 saturated carbocycles. The summed E-state index contributed by atoms with van der Waals surface area (Å²) in [6.45, 7) is 24.5. The Morgan fingerprint density at radius 1 is 0.269 bits per heavy atom. The van der Waals surface area contributed by atoms with Crippen LogP contribution in [0.15, 0.2) is 171 Å². The molecule has 3 aliphatic heterocycles. The Labute approximate surface area is 464 Å². The van der Waals surface area contributed by atoms with E-state index in [-0.39, 0.29) is 33.6 Å². The van der Waals surface area contributed by atoms with Crippen LogP contribution in [0.1, 0.15) is 83.1 Å². The molecule has 0 aliphatic carbocycles. The molecule has 78 heavy (non-hydrogen) atoms. The van der Waals surface area contributed by atoms with E-state index in [1.54, 1.807) is 0 Å². The number of fused-ring (bicyclic) bond motifs is 18. The fourth-order valence-corrected chi connectivity index (χ4v) is 11.8. The lowest BCUT2D eigenvalue weighted by Gasteiger charge is -2.32. The van der Waals surface area contributed by atoms with E-state index in [4.69, 9.17) is 36.8 Å². The molecule has 5 heterocycles. The summed E-state index contributed by atoms with van der Waals surface area (Å²) in [4.78, 5) is 0. The molecule has 0 bridgehead atoms. The number of furan rings is 2. The van der Waals surface area contributed by atoms with Crippen molar-refractivity contribution >= 4 is 151 Å². The quantitative estimate of drug-likeness (QED) is 0.125. The van der Waals surface area contributed by atoms with Crippen LogP contribution in [0.25, 0.3) is 109 Å². The lowest BCUT2D eigenvalue weighted by Crippen LogP contribution is -2.41. The van der Waals surface area contributed by atoms with Crippen molar-refractivity contribution in [3.05, 3.63) is 162 Å². The Morgan fingerprint density at radius 2 is 0.551 bits per heavy atom. The molecule has 3 fully saturated rings. The lowest BCUT2D eigenvalue weighted by atomic mass is 9.49. The topological polar surface area (TPSA) is 81.7 Å². The Balaban J connectivity index is 0.000000117. The molecule has 0 amide bonds. The predicted octanol–water partition coefficient (Wildman–Crippen LogP) is 17.4. The summed E-state index contributed by atoms with van der Waals surface area (Å²) in [6.07, 6.45) is 0. The molecule has 390 valence electrons. The molecule has 3 saturated heterocycles. The Bertz CT molecular complexity index is 4340. The van der Waals surface area contributed by atoms with E-state index in [0.717, 1.165) is 48.4 Å². The molecule has 15 rings (SSSR count). The van der Waals surface area contributed by atoms with Gasteiger partial charge in [0, 0.05) is 26.0 Å². The van der Waals surface area contributed by atoms with Crippen LogP contribution in [0.4, 0.5) is 0 Å². The average Bonchev–Trinajstić information content (AvgIpc) is 4.21. The second-order valence-corrected chi connectivity index (χ2v) is 25.3. The monoisotopic (exact) mass is 1090 g/mol. The minimum absolute atomic E-state index is 0.360. The summed E-state index contributed by atoms with van der Waals surface area (Å²) in [5.74, 6) is 0. The zero-order valence-electron chi connectivity index (χ0n) is 46.4. The second-order valence-electron chi connectivity index (χ2n) is 24.4. The smallest absolute Gasteiger partial charge is 0.456 e. The van der Waals surface area contributed by atoms with Gasteiger partial charge in [-0.3, -0.25) is 0 Å². The highest BCUT2D eigenvalue weighted by Crippen LogP contribution is 2.45. The molecule has 0 N–H and O–H groups in total. The van der Waals surface area contributed by atoms with E-state index < -0.39 is 21.1 Å². The van der Waals surface area contributed by atoms with Gasteiger partial charge in [-0.25, -0.2) is 0 Å². The highest BCUT2D eigenvalue weighted by molar-refractivity contribution is 9.10. The van der Waals surface area contributed by atoms with E-state index in [1.165, 1.54) is 70.0 Å². The molecule has 0 atom stereocenters. The van der Waals surface area contributed by atoms with E-state index in [2.05, 4.69) is 195 Å². The molecule has 0 radical (unpaired) electrons. The van der Waals surface area contributed by atoms with E-state index in [0.29, 0.717) is 0 Å². The first kappa shape index (κ1) is 51.2. The largest absolute Gasteiger partial charge is 0.494 e. The molecule has 3 aliphatic rings. The standard InChI is InChI=1S/C30H25BO3.C24H13BrO.C12H24B2O4/c1-29(2)30(3,4)34-31(33-29)18-13-14-23-26-16-24-21-11-7-5-9-19(21)20-10-6-8-12-22(20)25(24)17-28(26)32-27(23)15-18;25-14-9-10-19-22-12-20-17-7-3-1-5-15(17)16-6-2-4-8-18(16)21(20)13-24(22)26-23(19)11-14;1-9(2)10(3,4)16-13(15-9)14-17-11(5,6)12(7,8)18-14/h5-17H,1-4H3;1-13H;1-8H3. The van der Waals surface area contributed by atoms with Crippen molar-refractivity contribution in [2.45, 2.75) is 117 Å². The summed E-state index contributed by atoms with van der Waals surface area (Å²) in [5.41, 5.74) is 2.39. The third kappa shape index (κ3) is 8.19. The van der Waals surface area contributed by atoms with Crippen molar-refractivity contribution in [3.8, 4) is 0 Å². The van der Waals surface area contributed by atoms with Gasteiger partial charge in [0.05, 0.1) is 33.6 Å². The summed E-state index contributed by atoms with van der Waals surface area (Å²) < 4.78 is 50.0. The van der Waals surface area contributed by atoms with Gasteiger partial charge in [0.25, 0.3) is 0 Å². The second kappa shape index (κ2) is 17.9. The molecule has 2 aromatic heterocycles. The van der Waals surface area contributed by atoms with E-state index in [9.17, 15) is 0 Å². The zero-order chi connectivity index (χ0) is 54.5. The van der Waals surface area contributed by atoms with Gasteiger partial charge in [0.15, 0.2) is 0 Å². The Hall–Kier alpha value is -6.21. The zero-order valence-corrected chi connectivity index (χ0v) is 48.0. The molecule has 10 aromatic carbocycles. The van der Waals surface area contributed by atoms with Gasteiger partial charge >= 0.3 is 21.1 Å². The van der Waals surface area contributed by atoms with Gasteiger partial charge in [-0.05, 0) is 202 Å². The molecule has 12 aromatic rings. The first-order valence-corrected chi connectivity index (χ1v) is 27.9. The van der Waals surface area contributed by atoms with Crippen molar-refractivity contribution in [1.29, 1.82) is 0 Å². The van der Waals surface area contributed by atoms with Crippen LogP contribution in [0.2, 0.25) is 0 Å². The van der Waals surface area contributed by atoms with Crippen LogP contribution in [0.3, 0.4) is 0 Å². The highest BCUT2D eigenvalue weighted by atomic mass is 79.9. The third-order valence-corrected chi connectivity index (χ3v) is 18.4. The van der Waals surface area contributed by atoms with E-state index >= 15 is 0 Å². The number of hydrogen-bond acceptors (Lipinski definition) is 8. The minimum atomic E-state index is -0.476. The summed E-state index contributed by atoms with van der Waals surface area (Å²) in [5, 5.41) is 19.7.